The summed E-state index contributed by atoms with van der Waals surface area (Å²) in [6.45, 7) is 0.168. The van der Waals surface area contributed by atoms with Crippen molar-refractivity contribution >= 4 is 27.3 Å². The molecule has 0 aliphatic carbocycles. The van der Waals surface area contributed by atoms with E-state index in [1.54, 1.807) is 48.5 Å². The van der Waals surface area contributed by atoms with Gasteiger partial charge < -0.3 is 5.73 Å². The standard InChI is InChI=1S/C14H15ClN2O2S/c1-17(10-11-9-12(16)7-8-14(11)15)20(18,19)13-5-3-2-4-6-13/h2-9H,10,16H2,1H3. The van der Waals surface area contributed by atoms with Crippen molar-refractivity contribution in [3.05, 3.63) is 59.1 Å². The Labute approximate surface area is 123 Å². The van der Waals surface area contributed by atoms with E-state index in [-0.39, 0.29) is 11.4 Å². The summed E-state index contributed by atoms with van der Waals surface area (Å²) in [6, 6.07) is 13.3. The second kappa shape index (κ2) is 5.83. The van der Waals surface area contributed by atoms with Gasteiger partial charge in [-0.15, -0.1) is 0 Å². The molecule has 0 unspecified atom stereocenters. The molecule has 0 aliphatic rings. The van der Waals surface area contributed by atoms with Gasteiger partial charge in [0.25, 0.3) is 0 Å². The lowest BCUT2D eigenvalue weighted by Crippen LogP contribution is -2.26. The zero-order valence-corrected chi connectivity index (χ0v) is 12.5. The van der Waals surface area contributed by atoms with E-state index >= 15 is 0 Å². The molecule has 0 atom stereocenters. The summed E-state index contributed by atoms with van der Waals surface area (Å²) >= 11 is 6.06. The van der Waals surface area contributed by atoms with Crippen molar-refractivity contribution in [1.29, 1.82) is 0 Å². The highest BCUT2D eigenvalue weighted by Crippen LogP contribution is 2.23. The van der Waals surface area contributed by atoms with E-state index in [0.29, 0.717) is 16.3 Å². The van der Waals surface area contributed by atoms with E-state index in [9.17, 15) is 8.42 Å². The van der Waals surface area contributed by atoms with Crippen molar-refractivity contribution in [2.75, 3.05) is 12.8 Å². The molecule has 0 saturated carbocycles. The summed E-state index contributed by atoms with van der Waals surface area (Å²) in [5.74, 6) is 0. The van der Waals surface area contributed by atoms with Gasteiger partial charge in [0, 0.05) is 24.3 Å². The topological polar surface area (TPSA) is 63.4 Å². The first-order valence-electron chi connectivity index (χ1n) is 5.96. The first-order valence-corrected chi connectivity index (χ1v) is 7.78. The number of hydrogen-bond acceptors (Lipinski definition) is 3. The van der Waals surface area contributed by atoms with Gasteiger partial charge >= 0.3 is 0 Å². The fourth-order valence-corrected chi connectivity index (χ4v) is 3.16. The van der Waals surface area contributed by atoms with E-state index in [0.717, 1.165) is 0 Å². The largest absolute Gasteiger partial charge is 0.399 e. The van der Waals surface area contributed by atoms with E-state index in [1.807, 2.05) is 0 Å². The lowest BCUT2D eigenvalue weighted by atomic mass is 10.2. The lowest BCUT2D eigenvalue weighted by Gasteiger charge is -2.18. The summed E-state index contributed by atoms with van der Waals surface area (Å²) in [6.07, 6.45) is 0. The van der Waals surface area contributed by atoms with Gasteiger partial charge in [-0.2, -0.15) is 4.31 Å². The number of nitrogen functional groups attached to an aromatic ring is 1. The van der Waals surface area contributed by atoms with Crippen molar-refractivity contribution in [3.8, 4) is 0 Å². The van der Waals surface area contributed by atoms with Crippen LogP contribution in [0.2, 0.25) is 5.02 Å². The predicted octanol–water partition coefficient (Wildman–Crippen LogP) is 2.74. The van der Waals surface area contributed by atoms with Crippen LogP contribution in [0.1, 0.15) is 5.56 Å². The molecule has 2 aromatic carbocycles. The average molecular weight is 311 g/mol. The van der Waals surface area contributed by atoms with Crippen LogP contribution in [-0.2, 0) is 16.6 Å². The third-order valence-electron chi connectivity index (χ3n) is 2.91. The average Bonchev–Trinajstić information content (AvgIpc) is 2.43. The van der Waals surface area contributed by atoms with Crippen molar-refractivity contribution in [1.82, 2.24) is 4.31 Å². The number of nitrogens with zero attached hydrogens (tertiary/aromatic N) is 1. The fraction of sp³-hybridized carbons (Fsp3) is 0.143. The van der Waals surface area contributed by atoms with Crippen LogP contribution in [0.4, 0.5) is 5.69 Å². The van der Waals surface area contributed by atoms with Gasteiger partial charge in [0.05, 0.1) is 4.90 Å². The number of halogens is 1. The van der Waals surface area contributed by atoms with Crippen molar-refractivity contribution in [2.45, 2.75) is 11.4 Å². The summed E-state index contributed by atoms with van der Waals surface area (Å²) in [7, 11) is -2.02. The summed E-state index contributed by atoms with van der Waals surface area (Å²) < 4.78 is 26.0. The Balaban J connectivity index is 2.28. The molecule has 4 nitrogen and oxygen atoms in total. The van der Waals surface area contributed by atoms with Crippen molar-refractivity contribution in [3.63, 3.8) is 0 Å². The van der Waals surface area contributed by atoms with E-state index in [1.165, 1.54) is 11.4 Å². The number of sulfonamides is 1. The Morgan fingerprint density at radius 3 is 2.45 bits per heavy atom. The van der Waals surface area contributed by atoms with Gasteiger partial charge in [-0.25, -0.2) is 8.42 Å². The SMILES string of the molecule is CN(Cc1cc(N)ccc1Cl)S(=O)(=O)c1ccccc1. The number of benzene rings is 2. The Bertz CT molecular complexity index is 702. The molecule has 0 heterocycles. The molecule has 2 rings (SSSR count). The molecule has 0 fully saturated rings. The lowest BCUT2D eigenvalue weighted by molar-refractivity contribution is 0.467. The van der Waals surface area contributed by atoms with Crippen LogP contribution in [0.5, 0.6) is 0 Å². The molecule has 0 radical (unpaired) electrons. The molecular weight excluding hydrogens is 296 g/mol. The van der Waals surface area contributed by atoms with Crippen LogP contribution in [0.15, 0.2) is 53.4 Å². The van der Waals surface area contributed by atoms with Crippen molar-refractivity contribution < 1.29 is 8.42 Å². The molecule has 0 spiro atoms. The van der Waals surface area contributed by atoms with Crippen LogP contribution in [0.25, 0.3) is 0 Å². The predicted molar refractivity (Wildman–Crippen MR) is 81.0 cm³/mol. The maximum absolute atomic E-state index is 12.4. The third kappa shape index (κ3) is 3.12. The molecule has 2 aromatic rings. The fourth-order valence-electron chi connectivity index (χ4n) is 1.81. The Kier molecular flexibility index (Phi) is 4.32. The van der Waals surface area contributed by atoms with E-state index in [4.69, 9.17) is 17.3 Å². The zero-order chi connectivity index (χ0) is 14.8. The van der Waals surface area contributed by atoms with E-state index < -0.39 is 10.0 Å². The highest BCUT2D eigenvalue weighted by molar-refractivity contribution is 7.89. The Morgan fingerprint density at radius 1 is 1.15 bits per heavy atom. The third-order valence-corrected chi connectivity index (χ3v) is 5.10. The molecular formula is C14H15ClN2O2S. The van der Waals surface area contributed by atoms with Crippen LogP contribution in [0.3, 0.4) is 0 Å². The van der Waals surface area contributed by atoms with Crippen LogP contribution >= 0.6 is 11.6 Å². The van der Waals surface area contributed by atoms with Crippen LogP contribution in [-0.4, -0.2) is 19.8 Å². The highest BCUT2D eigenvalue weighted by atomic mass is 35.5. The smallest absolute Gasteiger partial charge is 0.243 e. The molecule has 106 valence electrons. The summed E-state index contributed by atoms with van der Waals surface area (Å²) in [5.41, 5.74) is 6.92. The number of rotatable bonds is 4. The van der Waals surface area contributed by atoms with Gasteiger partial charge in [-0.3, -0.25) is 0 Å². The first kappa shape index (κ1) is 14.8. The second-order valence-electron chi connectivity index (χ2n) is 4.42. The first-order chi connectivity index (χ1) is 9.41. The van der Waals surface area contributed by atoms with Crippen molar-refractivity contribution in [2.24, 2.45) is 0 Å². The molecule has 0 bridgehead atoms. The highest BCUT2D eigenvalue weighted by Gasteiger charge is 2.21. The number of hydrogen-bond donors (Lipinski definition) is 1. The van der Waals surface area contributed by atoms with Crippen LogP contribution < -0.4 is 5.73 Å². The normalized spacial score (nSPS) is 11.8. The molecule has 2 N–H and O–H groups in total. The van der Waals surface area contributed by atoms with Gasteiger partial charge in [0.15, 0.2) is 0 Å². The maximum atomic E-state index is 12.4. The minimum Gasteiger partial charge on any atom is -0.399 e. The zero-order valence-electron chi connectivity index (χ0n) is 11.0. The molecule has 20 heavy (non-hydrogen) atoms. The number of nitrogens with two attached hydrogens (primary N) is 1. The molecule has 0 amide bonds. The minimum atomic E-state index is -3.53. The molecule has 0 saturated heterocycles. The van der Waals surface area contributed by atoms with Gasteiger partial charge in [-0.1, -0.05) is 29.8 Å². The molecule has 0 aliphatic heterocycles. The number of anilines is 1. The monoisotopic (exact) mass is 310 g/mol. The minimum absolute atomic E-state index is 0.168. The molecule has 6 heteroatoms. The summed E-state index contributed by atoms with van der Waals surface area (Å²) in [5, 5.41) is 0.495. The van der Waals surface area contributed by atoms with Gasteiger partial charge in [-0.05, 0) is 35.9 Å². The quantitative estimate of drug-likeness (QED) is 0.883. The Hall–Kier alpha value is -1.56. The second-order valence-corrected chi connectivity index (χ2v) is 6.88. The molecule has 0 aromatic heterocycles. The van der Waals surface area contributed by atoms with Crippen LogP contribution in [0, 0.1) is 0 Å². The summed E-state index contributed by atoms with van der Waals surface area (Å²) in [4.78, 5) is 0.252. The maximum Gasteiger partial charge on any atom is 0.243 e. The van der Waals surface area contributed by atoms with Gasteiger partial charge in [0.2, 0.25) is 10.0 Å². The van der Waals surface area contributed by atoms with E-state index in [2.05, 4.69) is 0 Å². The Morgan fingerprint density at radius 2 is 1.80 bits per heavy atom. The van der Waals surface area contributed by atoms with Gasteiger partial charge in [0.1, 0.15) is 0 Å².